The number of fused-ring (bicyclic) bond motifs is 1. The number of piperidine rings is 1. The summed E-state index contributed by atoms with van der Waals surface area (Å²) >= 11 is 0. The van der Waals surface area contributed by atoms with E-state index in [0.717, 1.165) is 50.0 Å². The van der Waals surface area contributed by atoms with Gasteiger partial charge in [0, 0.05) is 50.4 Å². The molecule has 2 saturated heterocycles. The van der Waals surface area contributed by atoms with Crippen LogP contribution in [0.4, 0.5) is 13.2 Å². The Balaban J connectivity index is 0.000000360. The van der Waals surface area contributed by atoms with Crippen molar-refractivity contribution in [3.05, 3.63) is 42.2 Å². The number of rotatable bonds is 4. The largest absolute Gasteiger partial charge is 0.490 e. The highest BCUT2D eigenvalue weighted by atomic mass is 19.4. The van der Waals surface area contributed by atoms with E-state index >= 15 is 0 Å². The first-order valence-corrected chi connectivity index (χ1v) is 10.3. The van der Waals surface area contributed by atoms with Crippen LogP contribution in [-0.4, -0.2) is 83.4 Å². The zero-order valence-corrected chi connectivity index (χ0v) is 17.8. The molecular weight excluding hydrogens is 427 g/mol. The van der Waals surface area contributed by atoms with E-state index in [9.17, 15) is 18.0 Å². The van der Waals surface area contributed by atoms with Gasteiger partial charge in [0.15, 0.2) is 0 Å². The van der Waals surface area contributed by atoms with Crippen LogP contribution in [0.5, 0.6) is 0 Å². The van der Waals surface area contributed by atoms with Crippen LogP contribution in [0.1, 0.15) is 29.8 Å². The topological polar surface area (TPSA) is 83.0 Å². The normalized spacial score (nSPS) is 21.1. The molecule has 0 aliphatic carbocycles. The zero-order valence-electron chi connectivity index (χ0n) is 17.8. The van der Waals surface area contributed by atoms with E-state index in [-0.39, 0.29) is 11.4 Å². The van der Waals surface area contributed by atoms with Gasteiger partial charge in [0.1, 0.15) is 5.69 Å². The van der Waals surface area contributed by atoms with Crippen molar-refractivity contribution in [2.75, 3.05) is 39.9 Å². The average Bonchev–Trinajstić information content (AvgIpc) is 2.77. The number of aromatic nitrogens is 1. The SMILES string of the molecule is COCCN1CCC12CCCN(C(=O)c1nccc3ccccc13)C2.O=C(O)C(F)(F)F. The van der Waals surface area contributed by atoms with Crippen LogP contribution in [0.2, 0.25) is 0 Å². The van der Waals surface area contributed by atoms with Crippen molar-refractivity contribution in [2.24, 2.45) is 0 Å². The number of nitrogens with zero attached hydrogens (tertiary/aromatic N) is 3. The average molecular weight is 453 g/mol. The highest BCUT2D eigenvalue weighted by Crippen LogP contribution is 2.38. The van der Waals surface area contributed by atoms with E-state index < -0.39 is 12.1 Å². The minimum Gasteiger partial charge on any atom is -0.475 e. The van der Waals surface area contributed by atoms with E-state index in [2.05, 4.69) is 9.88 Å². The van der Waals surface area contributed by atoms with Crippen LogP contribution in [0.3, 0.4) is 0 Å². The lowest BCUT2D eigenvalue weighted by molar-refractivity contribution is -0.192. The lowest BCUT2D eigenvalue weighted by atomic mass is 9.77. The Morgan fingerprint density at radius 1 is 1.19 bits per heavy atom. The smallest absolute Gasteiger partial charge is 0.475 e. The molecule has 10 heteroatoms. The Hall–Kier alpha value is -2.72. The van der Waals surface area contributed by atoms with Gasteiger partial charge >= 0.3 is 12.1 Å². The van der Waals surface area contributed by atoms with Gasteiger partial charge in [0.2, 0.25) is 0 Å². The molecular formula is C22H26F3N3O4. The van der Waals surface area contributed by atoms with Crippen LogP contribution in [0.15, 0.2) is 36.5 Å². The maximum Gasteiger partial charge on any atom is 0.490 e. The molecule has 4 rings (SSSR count). The summed E-state index contributed by atoms with van der Waals surface area (Å²) < 4.78 is 37.0. The fourth-order valence-corrected chi connectivity index (χ4v) is 4.32. The molecule has 1 atom stereocenters. The summed E-state index contributed by atoms with van der Waals surface area (Å²) in [6.45, 7) is 4.44. The van der Waals surface area contributed by atoms with Crippen LogP contribution in [-0.2, 0) is 9.53 Å². The third-order valence-electron chi connectivity index (χ3n) is 6.04. The Bertz CT molecular complexity index is 964. The number of benzene rings is 1. The molecule has 1 aromatic carbocycles. The van der Waals surface area contributed by atoms with Crippen molar-refractivity contribution >= 4 is 22.6 Å². The predicted molar refractivity (Wildman–Crippen MR) is 111 cm³/mol. The molecule has 32 heavy (non-hydrogen) atoms. The fourth-order valence-electron chi connectivity index (χ4n) is 4.32. The van der Waals surface area contributed by atoms with Gasteiger partial charge in [-0.15, -0.1) is 0 Å². The van der Waals surface area contributed by atoms with Crippen LogP contribution >= 0.6 is 0 Å². The summed E-state index contributed by atoms with van der Waals surface area (Å²) in [4.78, 5) is 31.0. The van der Waals surface area contributed by atoms with Crippen LogP contribution < -0.4 is 0 Å². The number of hydrogen-bond acceptors (Lipinski definition) is 5. The molecule has 7 nitrogen and oxygen atoms in total. The first-order chi connectivity index (χ1) is 15.2. The summed E-state index contributed by atoms with van der Waals surface area (Å²) in [6.07, 6.45) is 0.0520. The summed E-state index contributed by atoms with van der Waals surface area (Å²) in [5.41, 5.74) is 0.731. The van der Waals surface area contributed by atoms with Crippen molar-refractivity contribution in [2.45, 2.75) is 31.0 Å². The predicted octanol–water partition coefficient (Wildman–Crippen LogP) is 3.20. The number of aliphatic carboxylic acids is 1. The molecule has 2 aromatic rings. The minimum atomic E-state index is -5.08. The number of halogens is 3. The number of pyridine rings is 1. The molecule has 2 aliphatic rings. The Morgan fingerprint density at radius 2 is 1.91 bits per heavy atom. The standard InChI is InChI=1S/C20H25N3O2.C2HF3O2/c1-25-14-13-23-12-9-20(23)8-4-11-22(15-20)19(24)18-17-6-3-2-5-16(17)7-10-21-18;3-2(4,5)1(6)7/h2-3,5-7,10H,4,8-9,11-15H2,1H3;(H,6,7). The third-order valence-corrected chi connectivity index (χ3v) is 6.04. The second-order valence-corrected chi connectivity index (χ2v) is 7.97. The Kier molecular flexibility index (Phi) is 7.35. The van der Waals surface area contributed by atoms with Crippen molar-refractivity contribution in [3.63, 3.8) is 0 Å². The van der Waals surface area contributed by atoms with Gasteiger partial charge in [-0.25, -0.2) is 4.79 Å². The number of methoxy groups -OCH3 is 1. The van der Waals surface area contributed by atoms with Crippen LogP contribution in [0.25, 0.3) is 10.8 Å². The number of likely N-dealkylation sites (tertiary alicyclic amines) is 2. The summed E-state index contributed by atoms with van der Waals surface area (Å²) in [5, 5.41) is 9.14. The molecule has 1 N–H and O–H groups in total. The maximum absolute atomic E-state index is 13.2. The van der Waals surface area contributed by atoms with Crippen molar-refractivity contribution in [3.8, 4) is 0 Å². The van der Waals surface area contributed by atoms with E-state index in [4.69, 9.17) is 14.6 Å². The second-order valence-electron chi connectivity index (χ2n) is 7.97. The van der Waals surface area contributed by atoms with E-state index in [1.807, 2.05) is 35.2 Å². The summed E-state index contributed by atoms with van der Waals surface area (Å²) in [5.74, 6) is -2.69. The number of ether oxygens (including phenoxy) is 1. The van der Waals surface area contributed by atoms with Gasteiger partial charge in [-0.05, 0) is 30.7 Å². The molecule has 174 valence electrons. The number of carboxylic acid groups (broad SMARTS) is 1. The Labute approximate surface area is 183 Å². The van der Waals surface area contributed by atoms with Gasteiger partial charge in [0.25, 0.3) is 5.91 Å². The molecule has 0 saturated carbocycles. The first-order valence-electron chi connectivity index (χ1n) is 10.3. The second kappa shape index (κ2) is 9.83. The molecule has 2 fully saturated rings. The van der Waals surface area contributed by atoms with Crippen molar-refractivity contribution < 1.29 is 32.6 Å². The molecule has 0 bridgehead atoms. The lowest BCUT2D eigenvalue weighted by Gasteiger charge is -2.57. The van der Waals surface area contributed by atoms with E-state index in [1.54, 1.807) is 13.3 Å². The summed E-state index contributed by atoms with van der Waals surface area (Å²) in [7, 11) is 1.75. The van der Waals surface area contributed by atoms with Crippen molar-refractivity contribution in [1.29, 1.82) is 0 Å². The summed E-state index contributed by atoms with van der Waals surface area (Å²) in [6, 6.07) is 9.95. The highest BCUT2D eigenvalue weighted by Gasteiger charge is 2.47. The Morgan fingerprint density at radius 3 is 2.53 bits per heavy atom. The number of amides is 1. The minimum absolute atomic E-state index is 0.0643. The molecule has 2 aliphatic heterocycles. The third kappa shape index (κ3) is 5.18. The molecule has 1 aromatic heterocycles. The maximum atomic E-state index is 13.2. The number of alkyl halides is 3. The number of carboxylic acids is 1. The number of carbonyl (C=O) groups excluding carboxylic acids is 1. The molecule has 0 radical (unpaired) electrons. The first kappa shape index (κ1) is 23.9. The lowest BCUT2D eigenvalue weighted by Crippen LogP contribution is -2.67. The van der Waals surface area contributed by atoms with E-state index in [0.29, 0.717) is 5.69 Å². The fraction of sp³-hybridized carbons (Fsp3) is 0.500. The number of carbonyl (C=O) groups is 2. The van der Waals surface area contributed by atoms with Crippen molar-refractivity contribution in [1.82, 2.24) is 14.8 Å². The van der Waals surface area contributed by atoms with Crippen LogP contribution in [0, 0.1) is 0 Å². The van der Waals surface area contributed by atoms with Gasteiger partial charge < -0.3 is 14.7 Å². The monoisotopic (exact) mass is 453 g/mol. The quantitative estimate of drug-likeness (QED) is 0.766. The van der Waals surface area contributed by atoms with E-state index in [1.165, 1.54) is 12.8 Å². The molecule has 1 spiro atoms. The van der Waals surface area contributed by atoms with Gasteiger partial charge in [-0.1, -0.05) is 24.3 Å². The highest BCUT2D eigenvalue weighted by molar-refractivity contribution is 6.05. The zero-order chi connectivity index (χ0) is 23.4. The van der Waals surface area contributed by atoms with Gasteiger partial charge in [0.05, 0.1) is 6.61 Å². The van der Waals surface area contributed by atoms with Gasteiger partial charge in [-0.3, -0.25) is 14.7 Å². The molecule has 3 heterocycles. The molecule has 1 unspecified atom stereocenters. The molecule has 1 amide bonds. The number of hydrogen-bond donors (Lipinski definition) is 1. The van der Waals surface area contributed by atoms with Gasteiger partial charge in [-0.2, -0.15) is 13.2 Å².